The number of benzene rings is 1. The maximum absolute atomic E-state index is 12.5. The van der Waals surface area contributed by atoms with Crippen molar-refractivity contribution in [3.05, 3.63) is 35.9 Å². The minimum atomic E-state index is -0.0210. The van der Waals surface area contributed by atoms with E-state index >= 15 is 0 Å². The van der Waals surface area contributed by atoms with Gasteiger partial charge >= 0.3 is 6.03 Å². The molecule has 4 heteroatoms. The molecular formula is C17H24N2O2. The number of carbonyl (C=O) groups excluding carboxylic acids is 1. The maximum atomic E-state index is 12.5. The van der Waals surface area contributed by atoms with Crippen LogP contribution in [0.2, 0.25) is 0 Å². The lowest BCUT2D eigenvalue weighted by Gasteiger charge is -2.36. The smallest absolute Gasteiger partial charge is 0.318 e. The second-order valence-corrected chi connectivity index (χ2v) is 6.18. The number of aliphatic hydroxyl groups is 1. The Morgan fingerprint density at radius 3 is 2.48 bits per heavy atom. The summed E-state index contributed by atoms with van der Waals surface area (Å²) in [4.78, 5) is 14.3. The third kappa shape index (κ3) is 3.38. The Morgan fingerprint density at radius 2 is 1.95 bits per heavy atom. The van der Waals surface area contributed by atoms with Crippen LogP contribution in [0.1, 0.15) is 43.7 Å². The Hall–Kier alpha value is -1.55. The number of hydrogen-bond acceptors (Lipinski definition) is 2. The first kappa shape index (κ1) is 14.4. The highest BCUT2D eigenvalue weighted by molar-refractivity contribution is 5.75. The van der Waals surface area contributed by atoms with Crippen molar-refractivity contribution >= 4 is 6.03 Å². The van der Waals surface area contributed by atoms with Gasteiger partial charge in [0.2, 0.25) is 0 Å². The molecule has 0 heterocycles. The number of nitrogens with one attached hydrogen (secondary N) is 1. The van der Waals surface area contributed by atoms with Crippen molar-refractivity contribution in [1.29, 1.82) is 0 Å². The predicted octanol–water partition coefficient (Wildman–Crippen LogP) is 2.69. The lowest BCUT2D eigenvalue weighted by molar-refractivity contribution is 0.158. The molecule has 4 nitrogen and oxygen atoms in total. The molecule has 0 unspecified atom stereocenters. The molecule has 2 N–H and O–H groups in total. The van der Waals surface area contributed by atoms with E-state index in [9.17, 15) is 4.79 Å². The Balaban J connectivity index is 1.70. The first-order valence-electron chi connectivity index (χ1n) is 8.02. The van der Waals surface area contributed by atoms with E-state index in [1.54, 1.807) is 4.90 Å². The molecular weight excluding hydrogens is 264 g/mol. The lowest BCUT2D eigenvalue weighted by Crippen LogP contribution is -2.46. The highest BCUT2D eigenvalue weighted by atomic mass is 16.3. The summed E-state index contributed by atoms with van der Waals surface area (Å²) in [6.07, 6.45) is 5.75. The number of nitrogens with zero attached hydrogens (tertiary/aromatic N) is 1. The molecule has 2 amide bonds. The zero-order chi connectivity index (χ0) is 14.7. The van der Waals surface area contributed by atoms with E-state index in [0.29, 0.717) is 18.5 Å². The fourth-order valence-electron chi connectivity index (χ4n) is 3.07. The number of urea groups is 1. The van der Waals surface area contributed by atoms with Crippen molar-refractivity contribution in [2.75, 3.05) is 13.2 Å². The second-order valence-electron chi connectivity index (χ2n) is 6.18. The highest BCUT2D eigenvalue weighted by Gasteiger charge is 2.35. The molecule has 2 saturated carbocycles. The molecule has 1 aromatic rings. The molecule has 1 aromatic carbocycles. The summed E-state index contributed by atoms with van der Waals surface area (Å²) in [6.45, 7) is 0.464. The van der Waals surface area contributed by atoms with E-state index in [4.69, 9.17) is 5.11 Å². The van der Waals surface area contributed by atoms with Gasteiger partial charge in [-0.15, -0.1) is 0 Å². The lowest BCUT2D eigenvalue weighted by atomic mass is 9.77. The Kier molecular flexibility index (Phi) is 4.44. The second kappa shape index (κ2) is 6.48. The van der Waals surface area contributed by atoms with Gasteiger partial charge in [-0.2, -0.15) is 0 Å². The average Bonchev–Trinajstić information content (AvgIpc) is 3.27. The van der Waals surface area contributed by atoms with Gasteiger partial charge in [-0.1, -0.05) is 36.8 Å². The number of rotatable bonds is 6. The normalized spacial score (nSPS) is 19.7. The van der Waals surface area contributed by atoms with E-state index < -0.39 is 0 Å². The molecule has 21 heavy (non-hydrogen) atoms. The number of aliphatic hydroxyl groups excluding tert-OH is 1. The van der Waals surface area contributed by atoms with Crippen LogP contribution in [0, 0.1) is 5.92 Å². The Labute approximate surface area is 126 Å². The van der Waals surface area contributed by atoms with Crippen molar-refractivity contribution in [3.8, 4) is 0 Å². The molecule has 2 aliphatic rings. The van der Waals surface area contributed by atoms with Crippen molar-refractivity contribution in [3.63, 3.8) is 0 Å². The van der Waals surface area contributed by atoms with E-state index in [0.717, 1.165) is 12.8 Å². The summed E-state index contributed by atoms with van der Waals surface area (Å²) in [5.41, 5.74) is 1.19. The molecule has 0 aliphatic heterocycles. The largest absolute Gasteiger partial charge is 0.395 e. The third-order valence-corrected chi connectivity index (χ3v) is 4.65. The Morgan fingerprint density at radius 1 is 1.24 bits per heavy atom. The number of hydrogen-bond donors (Lipinski definition) is 2. The van der Waals surface area contributed by atoms with Crippen LogP contribution < -0.4 is 5.32 Å². The minimum absolute atomic E-state index is 0.0210. The Bertz CT molecular complexity index is 469. The fraction of sp³-hybridized carbons (Fsp3) is 0.588. The zero-order valence-corrected chi connectivity index (χ0v) is 12.4. The molecule has 1 atom stereocenters. The van der Waals surface area contributed by atoms with Gasteiger partial charge in [0.05, 0.1) is 12.6 Å². The molecule has 114 valence electrons. The van der Waals surface area contributed by atoms with Crippen LogP contribution in [0.5, 0.6) is 0 Å². The highest BCUT2D eigenvalue weighted by Crippen LogP contribution is 2.38. The van der Waals surface area contributed by atoms with Gasteiger partial charge in [0.1, 0.15) is 0 Å². The zero-order valence-electron chi connectivity index (χ0n) is 12.4. The average molecular weight is 288 g/mol. The minimum Gasteiger partial charge on any atom is -0.395 e. The predicted molar refractivity (Wildman–Crippen MR) is 81.9 cm³/mol. The van der Waals surface area contributed by atoms with E-state index in [2.05, 4.69) is 17.4 Å². The summed E-state index contributed by atoms with van der Waals surface area (Å²) in [7, 11) is 0. The van der Waals surface area contributed by atoms with Crippen LogP contribution in [0.15, 0.2) is 30.3 Å². The third-order valence-electron chi connectivity index (χ3n) is 4.65. The van der Waals surface area contributed by atoms with Crippen LogP contribution in [0.25, 0.3) is 0 Å². The van der Waals surface area contributed by atoms with Gasteiger partial charge < -0.3 is 15.3 Å². The van der Waals surface area contributed by atoms with Gasteiger partial charge in [0.25, 0.3) is 0 Å². The SMILES string of the molecule is O=C(N[C@@H](c1ccccc1)C1CCC1)N(CCO)C1CC1. The van der Waals surface area contributed by atoms with Gasteiger partial charge in [0, 0.05) is 12.6 Å². The quantitative estimate of drug-likeness (QED) is 0.845. The summed E-state index contributed by atoms with van der Waals surface area (Å²) in [5.74, 6) is 0.548. The van der Waals surface area contributed by atoms with Crippen LogP contribution in [0.4, 0.5) is 4.79 Å². The molecule has 0 bridgehead atoms. The van der Waals surface area contributed by atoms with Crippen molar-refractivity contribution < 1.29 is 9.90 Å². The maximum Gasteiger partial charge on any atom is 0.318 e. The fourth-order valence-corrected chi connectivity index (χ4v) is 3.07. The molecule has 0 radical (unpaired) electrons. The summed E-state index contributed by atoms with van der Waals surface area (Å²) < 4.78 is 0. The molecule has 3 rings (SSSR count). The standard InChI is InChI=1S/C17H24N2O2/c20-12-11-19(15-9-10-15)17(21)18-16(14-7-4-8-14)13-5-2-1-3-6-13/h1-3,5-6,14-16,20H,4,7-12H2,(H,18,21)/t16-/m0/s1. The number of carbonyl (C=O) groups is 1. The molecule has 2 aliphatic carbocycles. The van der Waals surface area contributed by atoms with Gasteiger partial charge in [-0.25, -0.2) is 4.79 Å². The van der Waals surface area contributed by atoms with Crippen LogP contribution in [-0.2, 0) is 0 Å². The van der Waals surface area contributed by atoms with Gasteiger partial charge in [-0.3, -0.25) is 0 Å². The number of amides is 2. The van der Waals surface area contributed by atoms with Crippen molar-refractivity contribution in [2.45, 2.75) is 44.2 Å². The van der Waals surface area contributed by atoms with E-state index in [1.807, 2.05) is 18.2 Å². The van der Waals surface area contributed by atoms with Crippen molar-refractivity contribution in [1.82, 2.24) is 10.2 Å². The van der Waals surface area contributed by atoms with Gasteiger partial charge in [-0.05, 0) is 37.2 Å². The summed E-state index contributed by atoms with van der Waals surface area (Å²) in [6, 6.07) is 10.7. The molecule has 0 aromatic heterocycles. The van der Waals surface area contributed by atoms with E-state index in [-0.39, 0.29) is 18.7 Å². The molecule has 0 spiro atoms. The summed E-state index contributed by atoms with van der Waals surface area (Å²) in [5, 5.41) is 12.4. The first-order valence-corrected chi connectivity index (χ1v) is 8.02. The van der Waals surface area contributed by atoms with Crippen molar-refractivity contribution in [2.24, 2.45) is 5.92 Å². The topological polar surface area (TPSA) is 52.6 Å². The monoisotopic (exact) mass is 288 g/mol. The first-order chi connectivity index (χ1) is 10.3. The van der Waals surface area contributed by atoms with Crippen LogP contribution in [0.3, 0.4) is 0 Å². The van der Waals surface area contributed by atoms with Crippen LogP contribution >= 0.6 is 0 Å². The summed E-state index contributed by atoms with van der Waals surface area (Å²) >= 11 is 0. The van der Waals surface area contributed by atoms with Gasteiger partial charge in [0.15, 0.2) is 0 Å². The van der Waals surface area contributed by atoms with Crippen LogP contribution in [-0.4, -0.2) is 35.2 Å². The molecule has 0 saturated heterocycles. The molecule has 2 fully saturated rings. The van der Waals surface area contributed by atoms with E-state index in [1.165, 1.54) is 24.8 Å².